The van der Waals surface area contributed by atoms with Crippen molar-refractivity contribution in [1.29, 1.82) is 0 Å². The van der Waals surface area contributed by atoms with E-state index in [-0.39, 0.29) is 23.8 Å². The van der Waals surface area contributed by atoms with Gasteiger partial charge >= 0.3 is 11.7 Å². The molecule has 1 aromatic rings. The number of aromatic carboxylic acids is 1. The first-order chi connectivity index (χ1) is 9.09. The molecule has 1 aliphatic rings. The number of carbonyl (C=O) groups is 1. The smallest absolute Gasteiger partial charge is 0.342 e. The first-order valence-electron chi connectivity index (χ1n) is 5.81. The highest BCUT2D eigenvalue weighted by atomic mass is 16.6. The molecule has 1 aliphatic heterocycles. The van der Waals surface area contributed by atoms with Gasteiger partial charge < -0.3 is 14.6 Å². The van der Waals surface area contributed by atoms with Crippen molar-refractivity contribution in [2.45, 2.75) is 6.42 Å². The highest BCUT2D eigenvalue weighted by molar-refractivity contribution is 5.93. The largest absolute Gasteiger partial charge is 0.486 e. The van der Waals surface area contributed by atoms with Crippen LogP contribution in [0.4, 0.5) is 5.69 Å². The molecule has 0 radical (unpaired) electrons. The van der Waals surface area contributed by atoms with Gasteiger partial charge in [0.2, 0.25) is 0 Å². The zero-order chi connectivity index (χ0) is 13.8. The molecule has 1 N–H and O–H groups in total. The van der Waals surface area contributed by atoms with Crippen LogP contribution in [0, 0.1) is 16.0 Å². The van der Waals surface area contributed by atoms with Crippen LogP contribution in [0.1, 0.15) is 16.8 Å². The number of rotatable bonds is 5. The molecule has 0 bridgehead atoms. The highest BCUT2D eigenvalue weighted by Crippen LogP contribution is 2.31. The summed E-state index contributed by atoms with van der Waals surface area (Å²) in [7, 11) is 0. The van der Waals surface area contributed by atoms with Crippen LogP contribution >= 0.6 is 0 Å². The van der Waals surface area contributed by atoms with Crippen LogP contribution in [0.15, 0.2) is 18.2 Å². The van der Waals surface area contributed by atoms with E-state index in [2.05, 4.69) is 0 Å². The van der Waals surface area contributed by atoms with Gasteiger partial charge in [0.05, 0.1) is 18.1 Å². The van der Waals surface area contributed by atoms with Crippen molar-refractivity contribution in [2.24, 2.45) is 5.92 Å². The van der Waals surface area contributed by atoms with Gasteiger partial charge in [0.15, 0.2) is 5.75 Å². The van der Waals surface area contributed by atoms with Crippen LogP contribution in [0.3, 0.4) is 0 Å². The molecule has 0 spiro atoms. The van der Waals surface area contributed by atoms with E-state index in [0.717, 1.165) is 6.42 Å². The average molecular weight is 267 g/mol. The van der Waals surface area contributed by atoms with Crippen molar-refractivity contribution >= 4 is 11.7 Å². The zero-order valence-electron chi connectivity index (χ0n) is 10.1. The predicted molar refractivity (Wildman–Crippen MR) is 64.5 cm³/mol. The second-order valence-corrected chi connectivity index (χ2v) is 4.26. The Morgan fingerprint density at radius 2 is 2.37 bits per heavy atom. The van der Waals surface area contributed by atoms with Gasteiger partial charge in [-0.2, -0.15) is 0 Å². The van der Waals surface area contributed by atoms with E-state index in [1.807, 2.05) is 0 Å². The van der Waals surface area contributed by atoms with Crippen LogP contribution in [0.25, 0.3) is 0 Å². The predicted octanol–water partition coefficient (Wildman–Crippen LogP) is 1.71. The fourth-order valence-electron chi connectivity index (χ4n) is 1.92. The van der Waals surface area contributed by atoms with Crippen molar-refractivity contribution < 1.29 is 24.3 Å². The number of carboxylic acid groups (broad SMARTS) is 1. The molecule has 1 aromatic carbocycles. The van der Waals surface area contributed by atoms with E-state index in [9.17, 15) is 14.9 Å². The minimum atomic E-state index is -1.35. The number of nitro groups is 1. The maximum absolute atomic E-state index is 11.0. The fourth-order valence-corrected chi connectivity index (χ4v) is 1.92. The summed E-state index contributed by atoms with van der Waals surface area (Å²) in [5.74, 6) is -1.17. The monoisotopic (exact) mass is 267 g/mol. The second-order valence-electron chi connectivity index (χ2n) is 4.26. The van der Waals surface area contributed by atoms with E-state index < -0.39 is 16.6 Å². The summed E-state index contributed by atoms with van der Waals surface area (Å²) in [6, 6.07) is 4.02. The molecule has 2 rings (SSSR count). The quantitative estimate of drug-likeness (QED) is 0.644. The van der Waals surface area contributed by atoms with Crippen molar-refractivity contribution in [3.8, 4) is 5.75 Å². The van der Waals surface area contributed by atoms with Gasteiger partial charge in [-0.15, -0.1) is 0 Å². The molecule has 0 amide bonds. The van der Waals surface area contributed by atoms with Crippen LogP contribution in [0.2, 0.25) is 0 Å². The lowest BCUT2D eigenvalue weighted by molar-refractivity contribution is -0.386. The van der Waals surface area contributed by atoms with Gasteiger partial charge in [0.1, 0.15) is 5.56 Å². The summed E-state index contributed by atoms with van der Waals surface area (Å²) in [6.45, 7) is 1.50. The Bertz CT molecular complexity index is 495. The topological polar surface area (TPSA) is 98.9 Å². The summed E-state index contributed by atoms with van der Waals surface area (Å²) in [6.07, 6.45) is 0.840. The first kappa shape index (κ1) is 13.3. The standard InChI is InChI=1S/C12H13NO6/c14-12(15)9-2-1-3-10(11(9)13(16)17)19-7-8-4-5-18-6-8/h1-3,8H,4-7H2,(H,14,15). The number of ether oxygens (including phenoxy) is 2. The van der Waals surface area contributed by atoms with Gasteiger partial charge in [-0.1, -0.05) is 6.07 Å². The molecular weight excluding hydrogens is 254 g/mol. The van der Waals surface area contributed by atoms with Crippen molar-refractivity contribution in [1.82, 2.24) is 0 Å². The van der Waals surface area contributed by atoms with Gasteiger partial charge in [0.25, 0.3) is 0 Å². The molecular formula is C12H13NO6. The number of benzene rings is 1. The molecule has 1 unspecified atom stereocenters. The van der Waals surface area contributed by atoms with E-state index >= 15 is 0 Å². The van der Waals surface area contributed by atoms with Gasteiger partial charge in [-0.25, -0.2) is 4.79 Å². The maximum Gasteiger partial charge on any atom is 0.342 e. The van der Waals surface area contributed by atoms with E-state index in [1.54, 1.807) is 0 Å². The lowest BCUT2D eigenvalue weighted by atomic mass is 10.1. The molecule has 7 nitrogen and oxygen atoms in total. The van der Waals surface area contributed by atoms with Gasteiger partial charge in [-0.05, 0) is 18.6 Å². The Morgan fingerprint density at radius 1 is 1.58 bits per heavy atom. The second kappa shape index (κ2) is 5.66. The molecule has 1 saturated heterocycles. The minimum absolute atomic E-state index is 0.0169. The first-order valence-corrected chi connectivity index (χ1v) is 5.81. The number of carboxylic acids is 1. The summed E-state index contributed by atoms with van der Waals surface area (Å²) in [5, 5.41) is 19.9. The van der Waals surface area contributed by atoms with E-state index in [0.29, 0.717) is 13.2 Å². The third-order valence-electron chi connectivity index (χ3n) is 2.91. The fraction of sp³-hybridized carbons (Fsp3) is 0.417. The molecule has 1 atom stereocenters. The Hall–Kier alpha value is -2.15. The number of hydrogen-bond acceptors (Lipinski definition) is 5. The summed E-state index contributed by atoms with van der Waals surface area (Å²) in [5.41, 5.74) is -0.876. The molecule has 0 aliphatic carbocycles. The minimum Gasteiger partial charge on any atom is -0.486 e. The van der Waals surface area contributed by atoms with E-state index in [4.69, 9.17) is 14.6 Å². The summed E-state index contributed by atoms with van der Waals surface area (Å²) in [4.78, 5) is 21.2. The zero-order valence-corrected chi connectivity index (χ0v) is 10.1. The SMILES string of the molecule is O=C(O)c1cccc(OCC2CCOC2)c1[N+](=O)[O-]. The molecule has 102 valence electrons. The molecule has 0 saturated carbocycles. The number of nitrogens with zero attached hydrogens (tertiary/aromatic N) is 1. The van der Waals surface area contributed by atoms with Gasteiger partial charge in [-0.3, -0.25) is 10.1 Å². The number of para-hydroxylation sites is 1. The molecule has 1 heterocycles. The average Bonchev–Trinajstić information content (AvgIpc) is 2.88. The summed E-state index contributed by atoms with van der Waals surface area (Å²) >= 11 is 0. The summed E-state index contributed by atoms with van der Waals surface area (Å²) < 4.78 is 10.6. The Morgan fingerprint density at radius 3 is 2.95 bits per heavy atom. The normalized spacial score (nSPS) is 18.2. The van der Waals surface area contributed by atoms with Crippen LogP contribution in [0.5, 0.6) is 5.75 Å². The molecule has 1 fully saturated rings. The number of nitro benzene ring substituents is 1. The lowest BCUT2D eigenvalue weighted by Gasteiger charge is -2.11. The van der Waals surface area contributed by atoms with Crippen molar-refractivity contribution in [2.75, 3.05) is 19.8 Å². The van der Waals surface area contributed by atoms with Gasteiger partial charge in [0, 0.05) is 12.5 Å². The van der Waals surface area contributed by atoms with Crippen molar-refractivity contribution in [3.63, 3.8) is 0 Å². The maximum atomic E-state index is 11.0. The van der Waals surface area contributed by atoms with Crippen LogP contribution < -0.4 is 4.74 Å². The lowest BCUT2D eigenvalue weighted by Crippen LogP contribution is -2.13. The third kappa shape index (κ3) is 3.00. The Labute approximate surface area is 108 Å². The Kier molecular flexibility index (Phi) is 3.96. The molecule has 19 heavy (non-hydrogen) atoms. The van der Waals surface area contributed by atoms with E-state index in [1.165, 1.54) is 18.2 Å². The van der Waals surface area contributed by atoms with Crippen LogP contribution in [-0.2, 0) is 4.74 Å². The molecule has 7 heteroatoms. The number of hydrogen-bond donors (Lipinski definition) is 1. The van der Waals surface area contributed by atoms with Crippen molar-refractivity contribution in [3.05, 3.63) is 33.9 Å². The molecule has 0 aromatic heterocycles. The van der Waals surface area contributed by atoms with Crippen LogP contribution in [-0.4, -0.2) is 35.8 Å². The Balaban J connectivity index is 2.20. The third-order valence-corrected chi connectivity index (χ3v) is 2.91. The highest BCUT2D eigenvalue weighted by Gasteiger charge is 2.26.